The molecule has 0 atom stereocenters. The maximum absolute atomic E-state index is 10.7. The third kappa shape index (κ3) is 4.70. The molecule has 0 saturated carbocycles. The quantitative estimate of drug-likeness (QED) is 0.177. The van der Waals surface area contributed by atoms with Crippen molar-refractivity contribution in [2.24, 2.45) is 0 Å². The Bertz CT molecular complexity index is 3900. The monoisotopic (exact) mass is 826 g/mol. The fourth-order valence-corrected chi connectivity index (χ4v) is 11.4. The van der Waals surface area contributed by atoms with Crippen LogP contribution in [-0.2, 0) is 5.41 Å². The number of para-hydroxylation sites is 2. The molecule has 65 heavy (non-hydrogen) atoms. The van der Waals surface area contributed by atoms with Crippen molar-refractivity contribution in [2.45, 2.75) is 5.41 Å². The molecule has 5 nitrogen and oxygen atoms in total. The Morgan fingerprint density at radius 2 is 0.969 bits per heavy atom. The second kappa shape index (κ2) is 13.3. The third-order valence-corrected chi connectivity index (χ3v) is 13.9. The largest absolute Gasteiger partial charge is 0.454 e. The molecule has 0 amide bonds. The van der Waals surface area contributed by atoms with E-state index < -0.39 is 5.41 Å². The lowest BCUT2D eigenvalue weighted by molar-refractivity contribution is 0.666. The number of nitrogens with zero attached hydrogens (tertiary/aromatic N) is 4. The molecule has 0 fully saturated rings. The van der Waals surface area contributed by atoms with E-state index in [4.69, 9.17) is 14.4 Å². The second-order valence-electron chi connectivity index (χ2n) is 17.0. The fourth-order valence-electron chi connectivity index (χ4n) is 11.4. The van der Waals surface area contributed by atoms with Crippen molar-refractivity contribution < 1.29 is 4.42 Å². The molecule has 1 spiro atoms. The zero-order valence-electron chi connectivity index (χ0n) is 34.8. The number of hydrogen-bond acceptors (Lipinski definition) is 4. The first kappa shape index (κ1) is 35.7. The number of hydrogen-bond donors (Lipinski definition) is 0. The first-order valence-corrected chi connectivity index (χ1v) is 22.0. The molecule has 3 heterocycles. The smallest absolute Gasteiger partial charge is 0.161 e. The molecular formula is C60H34N4O. The van der Waals surface area contributed by atoms with Crippen LogP contribution in [0.5, 0.6) is 0 Å². The maximum Gasteiger partial charge on any atom is 0.161 e. The summed E-state index contributed by atoms with van der Waals surface area (Å²) < 4.78 is 9.44. The van der Waals surface area contributed by atoms with Crippen LogP contribution in [0.4, 0.5) is 0 Å². The van der Waals surface area contributed by atoms with E-state index in [9.17, 15) is 5.26 Å². The SMILES string of the molecule is N#Cc1c(-c2ccccc2)nc(-c2ccc(-n3c4ccccc4c4c5c(ccc43)-c3ccccc3C53c4ccccc4-c4ccccc43)c3oc4ccccc4c23)nc1-c1ccccc1. The van der Waals surface area contributed by atoms with E-state index in [1.165, 1.54) is 55.3 Å². The lowest BCUT2D eigenvalue weighted by Gasteiger charge is -2.31. The van der Waals surface area contributed by atoms with Gasteiger partial charge in [-0.05, 0) is 74.8 Å². The van der Waals surface area contributed by atoms with Crippen LogP contribution >= 0.6 is 0 Å². The molecule has 9 aromatic carbocycles. The molecular weight excluding hydrogens is 793 g/mol. The van der Waals surface area contributed by atoms with Gasteiger partial charge in [0.1, 0.15) is 17.2 Å². The molecule has 0 unspecified atom stereocenters. The minimum absolute atomic E-state index is 0.432. The summed E-state index contributed by atoms with van der Waals surface area (Å²) in [5, 5.41) is 15.0. The third-order valence-electron chi connectivity index (χ3n) is 13.9. The fraction of sp³-hybridized carbons (Fsp3) is 0.0167. The Labute approximate surface area is 373 Å². The van der Waals surface area contributed by atoms with Crippen LogP contribution in [0.3, 0.4) is 0 Å². The number of fused-ring (bicyclic) bond motifs is 17. The topological polar surface area (TPSA) is 67.6 Å². The van der Waals surface area contributed by atoms with Crippen LogP contribution in [0.2, 0.25) is 0 Å². The van der Waals surface area contributed by atoms with Gasteiger partial charge in [0.25, 0.3) is 0 Å². The molecule has 0 N–H and O–H groups in total. The van der Waals surface area contributed by atoms with Crippen molar-refractivity contribution >= 4 is 43.7 Å². The molecule has 3 aromatic heterocycles. The molecule has 2 aliphatic rings. The highest BCUT2D eigenvalue weighted by Gasteiger charge is 2.52. The van der Waals surface area contributed by atoms with Crippen LogP contribution in [0.15, 0.2) is 211 Å². The Morgan fingerprint density at radius 1 is 0.446 bits per heavy atom. The predicted molar refractivity (Wildman–Crippen MR) is 261 cm³/mol. The van der Waals surface area contributed by atoms with Gasteiger partial charge in [-0.2, -0.15) is 5.26 Å². The summed E-state index contributed by atoms with van der Waals surface area (Å²) in [4.78, 5) is 10.5. The molecule has 300 valence electrons. The first-order valence-electron chi connectivity index (χ1n) is 22.0. The van der Waals surface area contributed by atoms with Gasteiger partial charge in [0.05, 0.1) is 33.5 Å². The van der Waals surface area contributed by atoms with Crippen molar-refractivity contribution in [1.29, 1.82) is 5.26 Å². The minimum Gasteiger partial charge on any atom is -0.454 e. The number of benzene rings is 9. The summed E-state index contributed by atoms with van der Waals surface area (Å²) >= 11 is 0. The van der Waals surface area contributed by atoms with E-state index in [0.717, 1.165) is 55.3 Å². The summed E-state index contributed by atoms with van der Waals surface area (Å²) in [6.07, 6.45) is 0. The van der Waals surface area contributed by atoms with Crippen molar-refractivity contribution in [1.82, 2.24) is 14.5 Å². The molecule has 12 aromatic rings. The zero-order valence-corrected chi connectivity index (χ0v) is 34.8. The first-order chi connectivity index (χ1) is 32.2. The zero-order chi connectivity index (χ0) is 42.8. The highest BCUT2D eigenvalue weighted by Crippen LogP contribution is 2.64. The van der Waals surface area contributed by atoms with Crippen LogP contribution in [0.1, 0.15) is 27.8 Å². The molecule has 14 rings (SSSR count). The average Bonchev–Trinajstić information content (AvgIpc) is 4.10. The predicted octanol–water partition coefficient (Wildman–Crippen LogP) is 14.7. The molecule has 5 heteroatoms. The standard InChI is InChI=1S/C60H34N4O/c61-35-45-56(36-17-3-1-4-18-36)62-59(63-57(45)37-19-5-2-6-20-37)44-32-34-51(58-53(44)43-25-11-16-30-52(43)65-58)64-49-29-15-10-24-42(49)54-50(64)33-31-41-40-23-9-14-28-48(40)60(55(41)54)46-26-12-7-21-38(46)39-22-8-13-27-47(39)60/h1-34H. The van der Waals surface area contributed by atoms with Gasteiger partial charge in [-0.25, -0.2) is 9.97 Å². The Balaban J connectivity index is 1.09. The lowest BCUT2D eigenvalue weighted by atomic mass is 9.69. The van der Waals surface area contributed by atoms with Crippen LogP contribution in [-0.4, -0.2) is 14.5 Å². The van der Waals surface area contributed by atoms with Gasteiger partial charge in [0.2, 0.25) is 0 Å². The number of nitriles is 1. The highest BCUT2D eigenvalue weighted by molar-refractivity contribution is 6.19. The van der Waals surface area contributed by atoms with Crippen molar-refractivity contribution in [3.05, 3.63) is 234 Å². The van der Waals surface area contributed by atoms with Gasteiger partial charge >= 0.3 is 0 Å². The molecule has 0 aliphatic heterocycles. The highest BCUT2D eigenvalue weighted by atomic mass is 16.3. The van der Waals surface area contributed by atoms with E-state index in [1.54, 1.807) is 0 Å². The molecule has 0 saturated heterocycles. The van der Waals surface area contributed by atoms with Gasteiger partial charge in [0.15, 0.2) is 11.4 Å². The maximum atomic E-state index is 10.7. The second-order valence-corrected chi connectivity index (χ2v) is 17.0. The van der Waals surface area contributed by atoms with E-state index in [1.807, 2.05) is 72.8 Å². The Kier molecular flexibility index (Phi) is 7.32. The number of furan rings is 1. The molecule has 2 aliphatic carbocycles. The lowest BCUT2D eigenvalue weighted by Crippen LogP contribution is -2.26. The Morgan fingerprint density at radius 3 is 1.60 bits per heavy atom. The van der Waals surface area contributed by atoms with E-state index >= 15 is 0 Å². The summed E-state index contributed by atoms with van der Waals surface area (Å²) in [5.74, 6) is 0.517. The van der Waals surface area contributed by atoms with E-state index in [-0.39, 0.29) is 0 Å². The van der Waals surface area contributed by atoms with Gasteiger partial charge in [-0.3, -0.25) is 0 Å². The van der Waals surface area contributed by atoms with Crippen molar-refractivity contribution in [3.8, 4) is 67.9 Å². The molecule has 0 radical (unpaired) electrons. The van der Waals surface area contributed by atoms with E-state index in [2.05, 4.69) is 144 Å². The van der Waals surface area contributed by atoms with Crippen molar-refractivity contribution in [3.63, 3.8) is 0 Å². The van der Waals surface area contributed by atoms with Crippen LogP contribution < -0.4 is 0 Å². The minimum atomic E-state index is -0.522. The van der Waals surface area contributed by atoms with Crippen molar-refractivity contribution in [2.75, 3.05) is 0 Å². The van der Waals surface area contributed by atoms with E-state index in [0.29, 0.717) is 22.8 Å². The summed E-state index contributed by atoms with van der Waals surface area (Å²) in [7, 11) is 0. The van der Waals surface area contributed by atoms with Gasteiger partial charge in [-0.1, -0.05) is 176 Å². The summed E-state index contributed by atoms with van der Waals surface area (Å²) in [6, 6.07) is 75.3. The Hall–Kier alpha value is -8.85. The van der Waals surface area contributed by atoms with Gasteiger partial charge in [0, 0.05) is 38.2 Å². The van der Waals surface area contributed by atoms with Crippen LogP contribution in [0.25, 0.3) is 106 Å². The van der Waals surface area contributed by atoms with Gasteiger partial charge < -0.3 is 8.98 Å². The average molecular weight is 827 g/mol. The van der Waals surface area contributed by atoms with Crippen LogP contribution in [0, 0.1) is 11.3 Å². The molecule has 0 bridgehead atoms. The summed E-state index contributed by atoms with van der Waals surface area (Å²) in [6.45, 7) is 0. The summed E-state index contributed by atoms with van der Waals surface area (Å²) in [5.41, 5.74) is 18.5. The van der Waals surface area contributed by atoms with Gasteiger partial charge in [-0.15, -0.1) is 0 Å². The number of aromatic nitrogens is 3. The number of rotatable bonds is 4. The normalized spacial score (nSPS) is 13.0.